The SMILES string of the molecule is CC(C)N(CC1OC(N2C(C3CCC3)NC3C(N)NCNC32)C(O)C1O)C1CC(CCC2Nc3ccc(C(C)(C)C#N)cc3N2)C1. The molecule has 9 unspecified atom stereocenters. The van der Waals surface area contributed by atoms with Gasteiger partial charge in [-0.2, -0.15) is 5.26 Å². The number of hydrogen-bond donors (Lipinski definition) is 8. The minimum atomic E-state index is -0.984. The van der Waals surface area contributed by atoms with E-state index in [0.717, 1.165) is 55.5 Å². The minimum absolute atomic E-state index is 0.00222. The molecular formula is C34H55N9O3. The van der Waals surface area contributed by atoms with Crippen molar-refractivity contribution < 1.29 is 14.9 Å². The van der Waals surface area contributed by atoms with E-state index < -0.39 is 30.0 Å². The Bertz CT molecular complexity index is 1280. The Morgan fingerprint density at radius 1 is 1.09 bits per heavy atom. The maximum atomic E-state index is 11.4. The fourth-order valence-electron chi connectivity index (χ4n) is 8.65. The number of nitrogens with one attached hydrogen (secondary N) is 5. The summed E-state index contributed by atoms with van der Waals surface area (Å²) >= 11 is 0. The van der Waals surface area contributed by atoms with Gasteiger partial charge in [0.2, 0.25) is 0 Å². The van der Waals surface area contributed by atoms with Crippen molar-refractivity contribution in [2.45, 2.75) is 145 Å². The third-order valence-corrected chi connectivity index (χ3v) is 11.9. The van der Waals surface area contributed by atoms with Crippen LogP contribution in [0.2, 0.25) is 0 Å². The fraction of sp³-hybridized carbons (Fsp3) is 0.794. The number of rotatable bonds is 10. The Morgan fingerprint density at radius 3 is 2.54 bits per heavy atom. The maximum Gasteiger partial charge on any atom is 0.142 e. The van der Waals surface area contributed by atoms with Crippen LogP contribution in [0.1, 0.15) is 78.2 Å². The van der Waals surface area contributed by atoms with Gasteiger partial charge in [-0.15, -0.1) is 0 Å². The molecule has 0 bridgehead atoms. The number of aliphatic hydroxyl groups is 2. The zero-order valence-corrected chi connectivity index (χ0v) is 27.8. The van der Waals surface area contributed by atoms with Gasteiger partial charge < -0.3 is 31.3 Å². The zero-order chi connectivity index (χ0) is 32.3. The fourth-order valence-corrected chi connectivity index (χ4v) is 8.65. The van der Waals surface area contributed by atoms with Crippen LogP contribution in [0.3, 0.4) is 0 Å². The first kappa shape index (κ1) is 32.5. The van der Waals surface area contributed by atoms with Crippen LogP contribution in [0.5, 0.6) is 0 Å². The van der Waals surface area contributed by atoms with E-state index in [1.54, 1.807) is 0 Å². The first-order valence-electron chi connectivity index (χ1n) is 17.7. The van der Waals surface area contributed by atoms with Crippen molar-refractivity contribution >= 4 is 11.4 Å². The summed E-state index contributed by atoms with van der Waals surface area (Å²) in [4.78, 5) is 4.73. The number of benzene rings is 1. The van der Waals surface area contributed by atoms with E-state index in [1.165, 1.54) is 6.42 Å². The molecule has 1 aromatic carbocycles. The molecule has 0 aromatic heterocycles. The van der Waals surface area contributed by atoms with E-state index in [0.29, 0.717) is 37.1 Å². The molecule has 12 nitrogen and oxygen atoms in total. The van der Waals surface area contributed by atoms with Crippen molar-refractivity contribution in [3.05, 3.63) is 23.8 Å². The van der Waals surface area contributed by atoms with Crippen LogP contribution in [0.4, 0.5) is 11.4 Å². The van der Waals surface area contributed by atoms with Crippen molar-refractivity contribution in [2.75, 3.05) is 23.8 Å². The zero-order valence-electron chi connectivity index (χ0n) is 27.8. The van der Waals surface area contributed by atoms with Gasteiger partial charge in [-0.3, -0.25) is 20.9 Å². The molecule has 7 rings (SSSR count). The van der Waals surface area contributed by atoms with Crippen LogP contribution >= 0.6 is 0 Å². The predicted molar refractivity (Wildman–Crippen MR) is 177 cm³/mol. The number of aliphatic hydroxyl groups excluding tert-OH is 2. The van der Waals surface area contributed by atoms with Crippen LogP contribution in [-0.4, -0.2) is 101 Å². The molecule has 2 saturated carbocycles. The van der Waals surface area contributed by atoms with Crippen molar-refractivity contribution in [1.82, 2.24) is 25.8 Å². The Kier molecular flexibility index (Phi) is 9.02. The lowest BCUT2D eigenvalue weighted by Crippen LogP contribution is -2.68. The molecule has 0 spiro atoms. The van der Waals surface area contributed by atoms with Crippen LogP contribution in [0, 0.1) is 23.2 Å². The Morgan fingerprint density at radius 2 is 1.85 bits per heavy atom. The Hall–Kier alpha value is -2.05. The summed E-state index contributed by atoms with van der Waals surface area (Å²) in [5.74, 6) is 1.15. The van der Waals surface area contributed by atoms with Crippen LogP contribution in [0.15, 0.2) is 18.2 Å². The average Bonchev–Trinajstić information content (AvgIpc) is 3.64. The molecule has 6 aliphatic rings. The normalized spacial score (nSPS) is 39.3. The van der Waals surface area contributed by atoms with Gasteiger partial charge in [0.25, 0.3) is 0 Å². The summed E-state index contributed by atoms with van der Waals surface area (Å²) < 4.78 is 6.62. The summed E-state index contributed by atoms with van der Waals surface area (Å²) in [6.45, 7) is 9.54. The largest absolute Gasteiger partial charge is 0.387 e. The van der Waals surface area contributed by atoms with E-state index in [9.17, 15) is 15.5 Å². The van der Waals surface area contributed by atoms with Gasteiger partial charge in [0.1, 0.15) is 24.5 Å². The Labute approximate surface area is 273 Å². The van der Waals surface area contributed by atoms with Crippen LogP contribution in [0.25, 0.3) is 0 Å². The summed E-state index contributed by atoms with van der Waals surface area (Å²) in [7, 11) is 0. The van der Waals surface area contributed by atoms with Gasteiger partial charge in [-0.1, -0.05) is 12.5 Å². The second-order valence-electron chi connectivity index (χ2n) is 15.6. The second kappa shape index (κ2) is 12.8. The number of nitriles is 1. The van der Waals surface area contributed by atoms with Gasteiger partial charge in [-0.05, 0) is 95.8 Å². The monoisotopic (exact) mass is 637 g/mol. The number of fused-ring (bicyclic) bond motifs is 2. The van der Waals surface area contributed by atoms with Gasteiger partial charge in [0.05, 0.1) is 53.6 Å². The summed E-state index contributed by atoms with van der Waals surface area (Å²) in [6.07, 6.45) is 4.97. The van der Waals surface area contributed by atoms with Gasteiger partial charge in [0.15, 0.2) is 0 Å². The van der Waals surface area contributed by atoms with Crippen LogP contribution < -0.4 is 32.3 Å². The third-order valence-electron chi connectivity index (χ3n) is 11.9. The molecule has 9 atom stereocenters. The summed E-state index contributed by atoms with van der Waals surface area (Å²) in [5, 5.41) is 50.0. The van der Waals surface area contributed by atoms with Crippen molar-refractivity contribution in [2.24, 2.45) is 17.6 Å². The van der Waals surface area contributed by atoms with E-state index in [1.807, 2.05) is 19.9 Å². The number of nitrogens with zero attached hydrogens (tertiary/aromatic N) is 3. The van der Waals surface area contributed by atoms with E-state index in [4.69, 9.17) is 10.5 Å². The second-order valence-corrected chi connectivity index (χ2v) is 15.6. The highest BCUT2D eigenvalue weighted by Gasteiger charge is 2.57. The van der Waals surface area contributed by atoms with Crippen molar-refractivity contribution in [3.63, 3.8) is 0 Å². The van der Waals surface area contributed by atoms with Crippen LogP contribution in [-0.2, 0) is 10.2 Å². The summed E-state index contributed by atoms with van der Waals surface area (Å²) in [6, 6.07) is 9.39. The number of ether oxygens (including phenoxy) is 1. The standard InChI is InChI=1S/C34H55N9O3/c1-18(2)42(22-12-19(13-22)8-11-26-39-23-10-9-21(14-24(23)40-26)34(3,4)16-35)15-25-28(44)29(45)33(46-25)43-31(20-6-5-7-20)41-27-30(36)37-17-38-32(27)43/h9-10,14,18-20,22,25-33,37-41,44-45H,5-8,11-13,15,17,36H2,1-4H3. The smallest absolute Gasteiger partial charge is 0.142 e. The molecule has 3 saturated heterocycles. The lowest BCUT2D eigenvalue weighted by Gasteiger charge is -2.46. The van der Waals surface area contributed by atoms with E-state index in [2.05, 4.69) is 68.4 Å². The average molecular weight is 638 g/mol. The molecule has 46 heavy (non-hydrogen) atoms. The van der Waals surface area contributed by atoms with E-state index >= 15 is 0 Å². The van der Waals surface area contributed by atoms with Gasteiger partial charge in [-0.25, -0.2) is 4.90 Å². The molecule has 0 radical (unpaired) electrons. The number of nitrogens with two attached hydrogens (primary N) is 1. The topological polar surface area (TPSA) is 166 Å². The number of anilines is 2. The third kappa shape index (κ3) is 5.93. The molecule has 9 N–H and O–H groups in total. The van der Waals surface area contributed by atoms with Crippen molar-refractivity contribution in [3.8, 4) is 6.07 Å². The molecular weight excluding hydrogens is 582 g/mol. The molecule has 5 fully saturated rings. The first-order valence-corrected chi connectivity index (χ1v) is 17.7. The molecule has 1 aromatic rings. The summed E-state index contributed by atoms with van der Waals surface area (Å²) in [5.41, 5.74) is 9.14. The van der Waals surface area contributed by atoms with Gasteiger partial charge >= 0.3 is 0 Å². The highest BCUT2D eigenvalue weighted by atomic mass is 16.6. The lowest BCUT2D eigenvalue weighted by molar-refractivity contribution is -0.135. The molecule has 2 aliphatic carbocycles. The molecule has 0 amide bonds. The van der Waals surface area contributed by atoms with E-state index in [-0.39, 0.29) is 30.7 Å². The van der Waals surface area contributed by atoms with Gasteiger partial charge in [0, 0.05) is 25.3 Å². The highest BCUT2D eigenvalue weighted by molar-refractivity contribution is 5.75. The predicted octanol–water partition coefficient (Wildman–Crippen LogP) is 1.53. The molecule has 4 heterocycles. The molecule has 4 aliphatic heterocycles. The van der Waals surface area contributed by atoms with Crippen molar-refractivity contribution in [1.29, 1.82) is 5.26 Å². The first-order chi connectivity index (χ1) is 22.0. The lowest BCUT2D eigenvalue weighted by atomic mass is 9.76. The minimum Gasteiger partial charge on any atom is -0.387 e. The molecule has 254 valence electrons. The quantitative estimate of drug-likeness (QED) is 0.187. The highest BCUT2D eigenvalue weighted by Crippen LogP contribution is 2.42. The maximum absolute atomic E-state index is 11.4. The Balaban J connectivity index is 0.929. The number of hydrogen-bond acceptors (Lipinski definition) is 12. The molecule has 12 heteroatoms.